The topological polar surface area (TPSA) is 20.2 Å². The smallest absolute Gasteiger partial charge is 0.0618 e. The number of hydrogen-bond donors (Lipinski definition) is 1. The van der Waals surface area contributed by atoms with Gasteiger partial charge in [0.1, 0.15) is 0 Å². The fourth-order valence-corrected chi connectivity index (χ4v) is 3.94. The Morgan fingerprint density at radius 3 is 2.79 bits per heavy atom. The number of hydrogen-bond acceptors (Lipinski definition) is 3. The molecule has 2 heterocycles. The molecule has 1 aromatic carbocycles. The van der Waals surface area contributed by atoms with Crippen LogP contribution in [0.3, 0.4) is 0 Å². The van der Waals surface area contributed by atoms with Gasteiger partial charge >= 0.3 is 0 Å². The molecule has 3 nitrogen and oxygen atoms in total. The van der Waals surface area contributed by atoms with Crippen molar-refractivity contribution in [2.75, 3.05) is 31.1 Å². The first kappa shape index (κ1) is 16.9. The zero-order valence-electron chi connectivity index (χ0n) is 14.5. The van der Waals surface area contributed by atoms with Crippen molar-refractivity contribution in [2.24, 2.45) is 0 Å². The Balaban J connectivity index is 2.00. The van der Waals surface area contributed by atoms with Crippen LogP contribution in [-0.4, -0.2) is 30.2 Å². The molecule has 2 aromatic rings. The van der Waals surface area contributed by atoms with Crippen LogP contribution in [0.15, 0.2) is 60.1 Å². The van der Waals surface area contributed by atoms with E-state index in [1.165, 1.54) is 22.3 Å². The van der Waals surface area contributed by atoms with Crippen LogP contribution in [0.4, 0.5) is 5.69 Å². The highest BCUT2D eigenvalue weighted by Crippen LogP contribution is 2.34. The number of rotatable bonds is 5. The minimum atomic E-state index is 1.05. The fourth-order valence-electron chi connectivity index (χ4n) is 3.06. The van der Waals surface area contributed by atoms with E-state index in [2.05, 4.69) is 64.1 Å². The van der Waals surface area contributed by atoms with Crippen LogP contribution < -0.4 is 10.2 Å². The molecule has 0 bridgehead atoms. The molecule has 0 radical (unpaired) electrons. The summed E-state index contributed by atoms with van der Waals surface area (Å²) in [5, 5.41) is 4.76. The van der Waals surface area contributed by atoms with Gasteiger partial charge in [0.05, 0.1) is 5.52 Å². The molecule has 4 heteroatoms. The Labute approximate surface area is 148 Å². The number of nitrogens with zero attached hydrogens (tertiary/aromatic N) is 2. The van der Waals surface area contributed by atoms with Gasteiger partial charge in [0.15, 0.2) is 0 Å². The molecule has 0 aliphatic carbocycles. The lowest BCUT2D eigenvalue weighted by molar-refractivity contribution is 0.590. The fraction of sp³-hybridized carbons (Fsp3) is 0.300. The Morgan fingerprint density at radius 1 is 1.29 bits per heavy atom. The molecule has 0 unspecified atom stereocenters. The van der Waals surface area contributed by atoms with Gasteiger partial charge in [-0.2, -0.15) is 0 Å². The summed E-state index contributed by atoms with van der Waals surface area (Å²) in [5.41, 5.74) is 3.86. The van der Waals surface area contributed by atoms with Gasteiger partial charge in [-0.1, -0.05) is 30.9 Å². The molecule has 1 N–H and O–H groups in total. The highest BCUT2D eigenvalue weighted by Gasteiger charge is 2.16. The third-order valence-corrected chi connectivity index (χ3v) is 5.44. The minimum absolute atomic E-state index is 1.05. The molecule has 0 spiro atoms. The molecular formula is C20H25N3S. The van der Waals surface area contributed by atoms with Crippen LogP contribution in [0.1, 0.15) is 12.6 Å². The molecular weight excluding hydrogens is 314 g/mol. The Bertz CT molecular complexity index is 780. The van der Waals surface area contributed by atoms with Crippen molar-refractivity contribution >= 4 is 28.5 Å². The normalized spacial score (nSPS) is 16.2. The minimum Gasteiger partial charge on any atom is -0.368 e. The number of piperazine rings is 1. The quantitative estimate of drug-likeness (QED) is 0.810. The van der Waals surface area contributed by atoms with Gasteiger partial charge in [-0.25, -0.2) is 0 Å². The van der Waals surface area contributed by atoms with E-state index in [1.54, 1.807) is 11.9 Å². The second-order valence-electron chi connectivity index (χ2n) is 5.92. The molecule has 1 fully saturated rings. The van der Waals surface area contributed by atoms with Crippen LogP contribution in [0, 0.1) is 6.92 Å². The first-order valence-electron chi connectivity index (χ1n) is 8.45. The van der Waals surface area contributed by atoms with Crippen LogP contribution in [0.5, 0.6) is 0 Å². The lowest BCUT2D eigenvalue weighted by atomic mass is 10.2. The summed E-state index contributed by atoms with van der Waals surface area (Å²) in [6.45, 7) is 12.4. The van der Waals surface area contributed by atoms with E-state index in [4.69, 9.17) is 0 Å². The third kappa shape index (κ3) is 3.45. The van der Waals surface area contributed by atoms with E-state index in [1.807, 2.05) is 19.1 Å². The predicted molar refractivity (Wildman–Crippen MR) is 108 cm³/mol. The number of fused-ring (bicyclic) bond motifs is 1. The monoisotopic (exact) mass is 339 g/mol. The van der Waals surface area contributed by atoms with Gasteiger partial charge in [0, 0.05) is 47.9 Å². The average Bonchev–Trinajstić information content (AvgIpc) is 2.94. The van der Waals surface area contributed by atoms with E-state index in [0.29, 0.717) is 0 Å². The second-order valence-corrected chi connectivity index (χ2v) is 6.94. The van der Waals surface area contributed by atoms with Gasteiger partial charge in [-0.3, -0.25) is 3.97 Å². The molecule has 3 rings (SSSR count). The van der Waals surface area contributed by atoms with Crippen molar-refractivity contribution in [2.45, 2.75) is 13.8 Å². The van der Waals surface area contributed by atoms with Crippen molar-refractivity contribution in [1.29, 1.82) is 0 Å². The number of nitrogens with one attached hydrogen (secondary N) is 1. The Hall–Kier alpha value is -1.91. The average molecular weight is 340 g/mol. The lowest BCUT2D eigenvalue weighted by Gasteiger charge is -2.30. The first-order chi connectivity index (χ1) is 11.7. The van der Waals surface area contributed by atoms with Gasteiger partial charge in [0.2, 0.25) is 0 Å². The zero-order chi connectivity index (χ0) is 16.9. The molecule has 126 valence electrons. The second kappa shape index (κ2) is 7.77. The summed E-state index contributed by atoms with van der Waals surface area (Å²) >= 11 is 1.72. The molecule has 0 amide bonds. The van der Waals surface area contributed by atoms with Crippen LogP contribution >= 0.6 is 11.9 Å². The molecule has 1 aliphatic rings. The highest BCUT2D eigenvalue weighted by atomic mass is 32.2. The largest absolute Gasteiger partial charge is 0.368 e. The third-order valence-electron chi connectivity index (χ3n) is 4.26. The molecule has 1 aromatic heterocycles. The summed E-state index contributed by atoms with van der Waals surface area (Å²) in [6, 6.07) is 8.92. The summed E-state index contributed by atoms with van der Waals surface area (Å²) in [7, 11) is 0. The Morgan fingerprint density at radius 2 is 2.08 bits per heavy atom. The standard InChI is InChI=1S/C20H25N3S/c1-4-6-8-17(5-2)24-23-16(3)15-18-19(9-7-10-20(18)23)22-13-11-21-12-14-22/h4-10,15,21H,2,11-14H2,1,3H3/b6-4-,17-8+. The number of benzene rings is 1. The van der Waals surface area contributed by atoms with E-state index in [-0.39, 0.29) is 0 Å². The summed E-state index contributed by atoms with van der Waals surface area (Å²) < 4.78 is 2.30. The lowest BCUT2D eigenvalue weighted by Crippen LogP contribution is -2.43. The molecule has 24 heavy (non-hydrogen) atoms. The Kier molecular flexibility index (Phi) is 5.48. The van der Waals surface area contributed by atoms with Crippen molar-refractivity contribution < 1.29 is 0 Å². The maximum atomic E-state index is 3.94. The van der Waals surface area contributed by atoms with E-state index in [0.717, 1.165) is 31.1 Å². The van der Waals surface area contributed by atoms with Crippen LogP contribution in [0.25, 0.3) is 10.9 Å². The maximum absolute atomic E-state index is 3.94. The maximum Gasteiger partial charge on any atom is 0.0618 e. The number of aromatic nitrogens is 1. The highest BCUT2D eigenvalue weighted by molar-refractivity contribution is 8.02. The van der Waals surface area contributed by atoms with Crippen molar-refractivity contribution in [1.82, 2.24) is 9.29 Å². The zero-order valence-corrected chi connectivity index (χ0v) is 15.3. The first-order valence-corrected chi connectivity index (χ1v) is 9.22. The summed E-state index contributed by atoms with van der Waals surface area (Å²) in [4.78, 5) is 3.62. The van der Waals surface area contributed by atoms with Gasteiger partial charge in [-0.05, 0) is 50.1 Å². The van der Waals surface area contributed by atoms with E-state index >= 15 is 0 Å². The van der Waals surface area contributed by atoms with Crippen LogP contribution in [-0.2, 0) is 0 Å². The van der Waals surface area contributed by atoms with Gasteiger partial charge in [-0.15, -0.1) is 0 Å². The van der Waals surface area contributed by atoms with Gasteiger partial charge < -0.3 is 10.2 Å². The molecule has 1 aliphatic heterocycles. The predicted octanol–water partition coefficient (Wildman–Crippen LogP) is 4.50. The molecule has 0 saturated carbocycles. The number of aryl methyl sites for hydroxylation is 1. The summed E-state index contributed by atoms with van der Waals surface area (Å²) in [5.74, 6) is 0. The molecule has 0 atom stereocenters. The van der Waals surface area contributed by atoms with E-state index in [9.17, 15) is 0 Å². The van der Waals surface area contributed by atoms with Crippen molar-refractivity contribution in [3.8, 4) is 0 Å². The summed E-state index contributed by atoms with van der Waals surface area (Å²) in [6.07, 6.45) is 8.10. The van der Waals surface area contributed by atoms with Crippen molar-refractivity contribution in [3.63, 3.8) is 0 Å². The van der Waals surface area contributed by atoms with Crippen LogP contribution in [0.2, 0.25) is 0 Å². The molecule has 1 saturated heterocycles. The number of allylic oxidation sites excluding steroid dienone is 4. The van der Waals surface area contributed by atoms with Gasteiger partial charge in [0.25, 0.3) is 0 Å². The van der Waals surface area contributed by atoms with E-state index < -0.39 is 0 Å². The number of anilines is 1. The van der Waals surface area contributed by atoms with Crippen molar-refractivity contribution in [3.05, 3.63) is 65.7 Å². The SMILES string of the molecule is C=C/C(=C\C=C/C)Sn1c(C)cc2c(N3CCNCC3)cccc21.